The van der Waals surface area contributed by atoms with Crippen molar-refractivity contribution < 1.29 is 18.4 Å². The highest BCUT2D eigenvalue weighted by Gasteiger charge is 2.14. The Kier molecular flexibility index (Phi) is 5.74. The molecule has 2 amide bonds. The molecule has 0 radical (unpaired) electrons. The SMILES string of the molecule is CCc1ccc(NC(=O)c2cc(C(=O)Nc3ccc(F)cc3F)ccn2)cc1. The average Bonchev–Trinajstić information content (AvgIpc) is 2.70. The van der Waals surface area contributed by atoms with Crippen molar-refractivity contribution in [1.29, 1.82) is 0 Å². The van der Waals surface area contributed by atoms with Crippen LogP contribution in [-0.2, 0) is 6.42 Å². The molecule has 0 atom stereocenters. The predicted octanol–water partition coefficient (Wildman–Crippen LogP) is 4.43. The lowest BCUT2D eigenvalue weighted by atomic mass is 10.1. The molecule has 1 aromatic heterocycles. The van der Waals surface area contributed by atoms with Gasteiger partial charge >= 0.3 is 0 Å². The Morgan fingerprint density at radius 1 is 0.929 bits per heavy atom. The highest BCUT2D eigenvalue weighted by atomic mass is 19.1. The fourth-order valence-corrected chi connectivity index (χ4v) is 2.50. The molecule has 2 N–H and O–H groups in total. The number of carbonyl (C=O) groups excluding carboxylic acids is 2. The molecule has 0 aliphatic heterocycles. The second kappa shape index (κ2) is 8.39. The standard InChI is InChI=1S/C21H17F2N3O2/c1-2-13-3-6-16(7-4-13)25-21(28)19-11-14(9-10-24-19)20(27)26-18-8-5-15(22)12-17(18)23/h3-12H,2H2,1H3,(H,25,28)(H,26,27). The third kappa shape index (κ3) is 4.56. The maximum Gasteiger partial charge on any atom is 0.274 e. The van der Waals surface area contributed by atoms with Crippen LogP contribution < -0.4 is 10.6 Å². The van der Waals surface area contributed by atoms with Crippen LogP contribution in [0.25, 0.3) is 0 Å². The van der Waals surface area contributed by atoms with Crippen molar-refractivity contribution in [2.24, 2.45) is 0 Å². The highest BCUT2D eigenvalue weighted by molar-refractivity contribution is 6.07. The van der Waals surface area contributed by atoms with Gasteiger partial charge in [-0.3, -0.25) is 14.6 Å². The van der Waals surface area contributed by atoms with Crippen LogP contribution in [0.3, 0.4) is 0 Å². The zero-order chi connectivity index (χ0) is 20.1. The van der Waals surface area contributed by atoms with Gasteiger partial charge in [-0.1, -0.05) is 19.1 Å². The Morgan fingerprint density at radius 3 is 2.36 bits per heavy atom. The molecule has 7 heteroatoms. The Balaban J connectivity index is 1.73. The van der Waals surface area contributed by atoms with Crippen molar-refractivity contribution in [2.45, 2.75) is 13.3 Å². The van der Waals surface area contributed by atoms with Crippen LogP contribution in [0.5, 0.6) is 0 Å². The summed E-state index contributed by atoms with van der Waals surface area (Å²) in [6.45, 7) is 2.03. The van der Waals surface area contributed by atoms with Crippen LogP contribution in [0.15, 0.2) is 60.8 Å². The number of aryl methyl sites for hydroxylation is 1. The monoisotopic (exact) mass is 381 g/mol. The Labute approximate surface area is 160 Å². The predicted molar refractivity (Wildman–Crippen MR) is 102 cm³/mol. The average molecular weight is 381 g/mol. The zero-order valence-electron chi connectivity index (χ0n) is 15.0. The molecule has 0 saturated carbocycles. The van der Waals surface area contributed by atoms with Gasteiger partial charge < -0.3 is 10.6 Å². The molecule has 2 aromatic carbocycles. The molecule has 3 rings (SSSR count). The topological polar surface area (TPSA) is 71.1 Å². The van der Waals surface area contributed by atoms with Crippen molar-refractivity contribution in [2.75, 3.05) is 10.6 Å². The second-order valence-corrected chi connectivity index (χ2v) is 6.01. The van der Waals surface area contributed by atoms with Gasteiger partial charge in [-0.05, 0) is 48.4 Å². The number of benzene rings is 2. The number of pyridine rings is 1. The lowest BCUT2D eigenvalue weighted by Crippen LogP contribution is -2.17. The molecule has 28 heavy (non-hydrogen) atoms. The molecule has 0 fully saturated rings. The van der Waals surface area contributed by atoms with E-state index in [9.17, 15) is 18.4 Å². The summed E-state index contributed by atoms with van der Waals surface area (Å²) in [4.78, 5) is 28.7. The van der Waals surface area contributed by atoms with Crippen LogP contribution >= 0.6 is 0 Å². The van der Waals surface area contributed by atoms with Crippen LogP contribution in [0, 0.1) is 11.6 Å². The molecule has 142 valence electrons. The molecular formula is C21H17F2N3O2. The minimum absolute atomic E-state index is 0.0341. The molecule has 0 spiro atoms. The number of nitrogens with zero attached hydrogens (tertiary/aromatic N) is 1. The molecule has 1 heterocycles. The van der Waals surface area contributed by atoms with E-state index in [0.29, 0.717) is 11.8 Å². The Morgan fingerprint density at radius 2 is 1.68 bits per heavy atom. The summed E-state index contributed by atoms with van der Waals surface area (Å²) < 4.78 is 26.7. The number of rotatable bonds is 5. The number of amides is 2. The minimum Gasteiger partial charge on any atom is -0.321 e. The molecule has 0 unspecified atom stereocenters. The van der Waals surface area contributed by atoms with Gasteiger partial charge in [-0.15, -0.1) is 0 Å². The summed E-state index contributed by atoms with van der Waals surface area (Å²) in [7, 11) is 0. The first kappa shape index (κ1) is 19.2. The largest absolute Gasteiger partial charge is 0.321 e. The molecular weight excluding hydrogens is 364 g/mol. The Hall–Kier alpha value is -3.61. The van der Waals surface area contributed by atoms with Gasteiger partial charge in [-0.25, -0.2) is 8.78 Å². The Bertz CT molecular complexity index is 1020. The van der Waals surface area contributed by atoms with Gasteiger partial charge in [0.15, 0.2) is 0 Å². The summed E-state index contributed by atoms with van der Waals surface area (Å²) in [5.74, 6) is -2.76. The number of carbonyl (C=O) groups is 2. The fourth-order valence-electron chi connectivity index (χ4n) is 2.50. The normalized spacial score (nSPS) is 10.4. The van der Waals surface area contributed by atoms with Crippen LogP contribution in [-0.4, -0.2) is 16.8 Å². The number of hydrogen-bond donors (Lipinski definition) is 2. The first-order valence-corrected chi connectivity index (χ1v) is 8.59. The summed E-state index contributed by atoms with van der Waals surface area (Å²) in [5.41, 5.74) is 1.73. The zero-order valence-corrected chi connectivity index (χ0v) is 15.0. The van der Waals surface area contributed by atoms with Gasteiger partial charge in [0, 0.05) is 23.5 Å². The van der Waals surface area contributed by atoms with Crippen molar-refractivity contribution in [3.05, 3.63) is 89.2 Å². The van der Waals surface area contributed by atoms with Gasteiger partial charge in [0.1, 0.15) is 17.3 Å². The van der Waals surface area contributed by atoms with Crippen molar-refractivity contribution in [1.82, 2.24) is 4.98 Å². The van der Waals surface area contributed by atoms with E-state index in [2.05, 4.69) is 15.6 Å². The third-order valence-corrected chi connectivity index (χ3v) is 4.05. The quantitative estimate of drug-likeness (QED) is 0.687. The smallest absolute Gasteiger partial charge is 0.274 e. The number of hydrogen-bond acceptors (Lipinski definition) is 3. The molecule has 0 aliphatic carbocycles. The lowest BCUT2D eigenvalue weighted by molar-refractivity contribution is 0.102. The van der Waals surface area contributed by atoms with Crippen LogP contribution in [0.4, 0.5) is 20.2 Å². The van der Waals surface area contributed by atoms with E-state index in [4.69, 9.17) is 0 Å². The number of aromatic nitrogens is 1. The fraction of sp³-hybridized carbons (Fsp3) is 0.0952. The summed E-state index contributed by atoms with van der Waals surface area (Å²) in [6, 6.07) is 12.9. The highest BCUT2D eigenvalue weighted by Crippen LogP contribution is 2.17. The van der Waals surface area contributed by atoms with E-state index >= 15 is 0 Å². The van der Waals surface area contributed by atoms with Gasteiger partial charge in [0.2, 0.25) is 0 Å². The number of nitrogens with one attached hydrogen (secondary N) is 2. The second-order valence-electron chi connectivity index (χ2n) is 6.01. The first-order valence-electron chi connectivity index (χ1n) is 8.59. The molecule has 5 nitrogen and oxygen atoms in total. The van der Waals surface area contributed by atoms with E-state index in [-0.39, 0.29) is 16.9 Å². The first-order chi connectivity index (χ1) is 13.5. The maximum absolute atomic E-state index is 13.7. The van der Waals surface area contributed by atoms with E-state index in [1.54, 1.807) is 12.1 Å². The van der Waals surface area contributed by atoms with E-state index in [1.165, 1.54) is 18.3 Å². The van der Waals surface area contributed by atoms with Crippen LogP contribution in [0.2, 0.25) is 0 Å². The van der Waals surface area contributed by atoms with Gasteiger partial charge in [0.05, 0.1) is 5.69 Å². The van der Waals surface area contributed by atoms with Crippen molar-refractivity contribution >= 4 is 23.2 Å². The third-order valence-electron chi connectivity index (χ3n) is 4.05. The maximum atomic E-state index is 13.7. The van der Waals surface area contributed by atoms with Gasteiger partial charge in [-0.2, -0.15) is 0 Å². The summed E-state index contributed by atoms with van der Waals surface area (Å²) in [6.07, 6.45) is 2.20. The van der Waals surface area contributed by atoms with Crippen molar-refractivity contribution in [3.63, 3.8) is 0 Å². The molecule has 0 saturated heterocycles. The number of halogens is 2. The van der Waals surface area contributed by atoms with Gasteiger partial charge in [0.25, 0.3) is 11.8 Å². The van der Waals surface area contributed by atoms with Crippen molar-refractivity contribution in [3.8, 4) is 0 Å². The molecule has 0 aliphatic rings. The minimum atomic E-state index is -0.893. The van der Waals surface area contributed by atoms with E-state index in [1.807, 2.05) is 19.1 Å². The van der Waals surface area contributed by atoms with E-state index < -0.39 is 23.4 Å². The molecule has 3 aromatic rings. The van der Waals surface area contributed by atoms with E-state index in [0.717, 1.165) is 24.1 Å². The lowest BCUT2D eigenvalue weighted by Gasteiger charge is -2.08. The summed E-state index contributed by atoms with van der Waals surface area (Å²) >= 11 is 0. The molecule has 0 bridgehead atoms. The summed E-state index contributed by atoms with van der Waals surface area (Å²) in [5, 5.41) is 5.05. The van der Waals surface area contributed by atoms with Crippen LogP contribution in [0.1, 0.15) is 33.3 Å². The number of anilines is 2.